The predicted molar refractivity (Wildman–Crippen MR) is 102 cm³/mol. The van der Waals surface area contributed by atoms with Crippen molar-refractivity contribution in [1.29, 1.82) is 0 Å². The molecule has 0 aliphatic rings. The number of hydrogen-bond donors (Lipinski definition) is 1. The van der Waals surface area contributed by atoms with Gasteiger partial charge in [-0.1, -0.05) is 12.1 Å². The zero-order valence-electron chi connectivity index (χ0n) is 14.2. The molecule has 24 heavy (non-hydrogen) atoms. The average Bonchev–Trinajstić information content (AvgIpc) is 3.22. The minimum Gasteiger partial charge on any atom is -0.497 e. The average molecular weight is 359 g/mol. The summed E-state index contributed by atoms with van der Waals surface area (Å²) in [4.78, 5) is 6.07. The number of ether oxygens (including phenoxy) is 1. The number of aromatic nitrogens is 1. The Labute approximate surface area is 151 Å². The summed E-state index contributed by atoms with van der Waals surface area (Å²) in [5, 5.41) is 9.20. The first-order valence-corrected chi connectivity index (χ1v) is 9.73. The number of rotatable bonds is 7. The van der Waals surface area contributed by atoms with Crippen molar-refractivity contribution in [1.82, 2.24) is 10.3 Å². The number of benzene rings is 1. The second kappa shape index (κ2) is 7.92. The third-order valence-electron chi connectivity index (χ3n) is 4.07. The van der Waals surface area contributed by atoms with Gasteiger partial charge in [-0.05, 0) is 60.4 Å². The molecule has 0 unspecified atom stereocenters. The second-order valence-corrected chi connectivity index (χ2v) is 7.83. The Morgan fingerprint density at radius 1 is 1.12 bits per heavy atom. The molecule has 0 saturated heterocycles. The highest BCUT2D eigenvalue weighted by Crippen LogP contribution is 2.26. The highest BCUT2D eigenvalue weighted by molar-refractivity contribution is 7.11. The Morgan fingerprint density at radius 2 is 1.92 bits per heavy atom. The monoisotopic (exact) mass is 358 g/mol. The Morgan fingerprint density at radius 3 is 2.50 bits per heavy atom. The molecular weight excluding hydrogens is 336 g/mol. The maximum Gasteiger partial charge on any atom is 0.118 e. The molecule has 5 heteroatoms. The smallest absolute Gasteiger partial charge is 0.118 e. The molecule has 0 amide bonds. The van der Waals surface area contributed by atoms with Crippen LogP contribution in [-0.4, -0.2) is 12.1 Å². The van der Waals surface area contributed by atoms with Crippen LogP contribution in [0.4, 0.5) is 0 Å². The minimum atomic E-state index is 0.235. The molecule has 0 bridgehead atoms. The molecule has 2 heterocycles. The van der Waals surface area contributed by atoms with E-state index < -0.39 is 0 Å². The van der Waals surface area contributed by atoms with Gasteiger partial charge in [0.2, 0.25) is 0 Å². The van der Waals surface area contributed by atoms with E-state index in [9.17, 15) is 0 Å². The Kier molecular flexibility index (Phi) is 5.66. The van der Waals surface area contributed by atoms with E-state index in [1.807, 2.05) is 12.1 Å². The van der Waals surface area contributed by atoms with Crippen molar-refractivity contribution in [2.45, 2.75) is 32.9 Å². The first kappa shape index (κ1) is 17.1. The van der Waals surface area contributed by atoms with Crippen molar-refractivity contribution < 1.29 is 4.74 Å². The summed E-state index contributed by atoms with van der Waals surface area (Å²) in [5.74, 6) is 0.889. The number of hydrogen-bond acceptors (Lipinski definition) is 5. The summed E-state index contributed by atoms with van der Waals surface area (Å²) >= 11 is 3.54. The maximum atomic E-state index is 5.22. The molecule has 0 spiro atoms. The van der Waals surface area contributed by atoms with Gasteiger partial charge in [0.05, 0.1) is 18.8 Å². The first-order valence-electron chi connectivity index (χ1n) is 7.97. The number of nitrogens with zero attached hydrogens (tertiary/aromatic N) is 1. The van der Waals surface area contributed by atoms with E-state index in [4.69, 9.17) is 9.72 Å². The summed E-state index contributed by atoms with van der Waals surface area (Å²) < 4.78 is 5.22. The lowest BCUT2D eigenvalue weighted by Gasteiger charge is -2.16. The molecular formula is C19H22N2OS2. The molecule has 126 valence electrons. The summed E-state index contributed by atoms with van der Waals surface area (Å²) in [6.07, 6.45) is 0.964. The molecule has 3 rings (SSSR count). The first-order chi connectivity index (χ1) is 11.7. The zero-order chi connectivity index (χ0) is 16.9. The van der Waals surface area contributed by atoms with Crippen molar-refractivity contribution in [3.63, 3.8) is 0 Å². The molecule has 0 fully saturated rings. The number of thiophene rings is 1. The van der Waals surface area contributed by atoms with Crippen molar-refractivity contribution in [2.75, 3.05) is 7.11 Å². The van der Waals surface area contributed by atoms with Gasteiger partial charge in [0.1, 0.15) is 10.8 Å². The largest absolute Gasteiger partial charge is 0.497 e. The molecule has 3 nitrogen and oxygen atoms in total. The van der Waals surface area contributed by atoms with E-state index >= 15 is 0 Å². The third-order valence-corrected chi connectivity index (χ3v) is 5.99. The Bertz CT molecular complexity index is 744. The van der Waals surface area contributed by atoms with Gasteiger partial charge in [-0.15, -0.1) is 11.3 Å². The summed E-state index contributed by atoms with van der Waals surface area (Å²) in [7, 11) is 1.69. The lowest BCUT2D eigenvalue weighted by Crippen LogP contribution is -2.22. The SMILES string of the molecule is COc1ccc(CN[C@@H](Cc2ccsc2)c2nc(C)c(C)s2)cc1. The van der Waals surface area contributed by atoms with Crippen LogP contribution in [0.5, 0.6) is 5.75 Å². The van der Waals surface area contributed by atoms with Gasteiger partial charge < -0.3 is 10.1 Å². The van der Waals surface area contributed by atoms with Crippen LogP contribution in [0.1, 0.15) is 32.7 Å². The van der Waals surface area contributed by atoms with Gasteiger partial charge in [-0.3, -0.25) is 0 Å². The molecule has 3 aromatic rings. The van der Waals surface area contributed by atoms with Crippen molar-refractivity contribution in [3.05, 3.63) is 67.8 Å². The van der Waals surface area contributed by atoms with E-state index in [1.54, 1.807) is 29.8 Å². The topological polar surface area (TPSA) is 34.1 Å². The highest BCUT2D eigenvalue weighted by Gasteiger charge is 2.17. The molecule has 1 N–H and O–H groups in total. The van der Waals surface area contributed by atoms with Gasteiger partial charge in [0.15, 0.2) is 0 Å². The standard InChI is InChI=1S/C19H22N2OS2/c1-13-14(2)24-19(21-13)18(10-16-8-9-23-12-16)20-11-15-4-6-17(22-3)7-5-15/h4-9,12,18,20H,10-11H2,1-3H3/t18-/m0/s1. The molecule has 0 saturated carbocycles. The van der Waals surface area contributed by atoms with Crippen LogP contribution in [0.2, 0.25) is 0 Å². The predicted octanol–water partition coefficient (Wildman–Crippen LogP) is 4.90. The molecule has 0 aliphatic carbocycles. The normalized spacial score (nSPS) is 12.3. The number of aryl methyl sites for hydroxylation is 2. The van der Waals surface area contributed by atoms with Gasteiger partial charge in [0.25, 0.3) is 0 Å². The van der Waals surface area contributed by atoms with Crippen LogP contribution in [0.15, 0.2) is 41.1 Å². The maximum absolute atomic E-state index is 5.22. The highest BCUT2D eigenvalue weighted by atomic mass is 32.1. The minimum absolute atomic E-state index is 0.235. The quantitative estimate of drug-likeness (QED) is 0.652. The van der Waals surface area contributed by atoms with E-state index in [0.29, 0.717) is 0 Å². The fraction of sp³-hybridized carbons (Fsp3) is 0.316. The second-order valence-electron chi connectivity index (χ2n) is 5.81. The summed E-state index contributed by atoms with van der Waals surface area (Å²) in [6, 6.07) is 10.6. The van der Waals surface area contributed by atoms with Crippen molar-refractivity contribution in [3.8, 4) is 5.75 Å². The number of methoxy groups -OCH3 is 1. The number of thiazole rings is 1. The molecule has 0 aliphatic heterocycles. The van der Waals surface area contributed by atoms with Gasteiger partial charge in [-0.25, -0.2) is 4.98 Å². The Hall–Kier alpha value is -1.69. The van der Waals surface area contributed by atoms with Crippen LogP contribution < -0.4 is 10.1 Å². The lowest BCUT2D eigenvalue weighted by atomic mass is 10.1. The molecule has 0 radical (unpaired) electrons. The van der Waals surface area contributed by atoms with Crippen LogP contribution in [0.25, 0.3) is 0 Å². The summed E-state index contributed by atoms with van der Waals surface area (Å²) in [6.45, 7) is 5.04. The van der Waals surface area contributed by atoms with Crippen LogP contribution in [-0.2, 0) is 13.0 Å². The fourth-order valence-electron chi connectivity index (χ4n) is 2.52. The van der Waals surface area contributed by atoms with Crippen LogP contribution in [0.3, 0.4) is 0 Å². The summed E-state index contributed by atoms with van der Waals surface area (Å²) in [5.41, 5.74) is 3.74. The number of nitrogens with one attached hydrogen (secondary N) is 1. The molecule has 1 aromatic carbocycles. The van der Waals surface area contributed by atoms with Crippen molar-refractivity contribution in [2.24, 2.45) is 0 Å². The third kappa shape index (κ3) is 4.23. The molecule has 2 aromatic heterocycles. The van der Waals surface area contributed by atoms with E-state index in [1.165, 1.54) is 21.0 Å². The fourth-order valence-corrected chi connectivity index (χ4v) is 4.20. The van der Waals surface area contributed by atoms with Crippen LogP contribution in [0, 0.1) is 13.8 Å². The van der Waals surface area contributed by atoms with Crippen LogP contribution >= 0.6 is 22.7 Å². The Balaban J connectivity index is 1.73. The zero-order valence-corrected chi connectivity index (χ0v) is 15.8. The van der Waals surface area contributed by atoms with E-state index in [0.717, 1.165) is 24.4 Å². The van der Waals surface area contributed by atoms with E-state index in [2.05, 4.69) is 48.1 Å². The van der Waals surface area contributed by atoms with E-state index in [-0.39, 0.29) is 6.04 Å². The van der Waals surface area contributed by atoms with Gasteiger partial charge >= 0.3 is 0 Å². The van der Waals surface area contributed by atoms with Crippen molar-refractivity contribution >= 4 is 22.7 Å². The van der Waals surface area contributed by atoms with Gasteiger partial charge in [-0.2, -0.15) is 11.3 Å². The molecule has 1 atom stereocenters. The lowest BCUT2D eigenvalue weighted by molar-refractivity contribution is 0.414. The van der Waals surface area contributed by atoms with Gasteiger partial charge in [0, 0.05) is 11.4 Å².